The van der Waals surface area contributed by atoms with E-state index in [0.717, 1.165) is 0 Å². The third-order valence-corrected chi connectivity index (χ3v) is 4.14. The molecule has 1 aromatic rings. The van der Waals surface area contributed by atoms with Crippen molar-refractivity contribution in [3.63, 3.8) is 0 Å². The van der Waals surface area contributed by atoms with Crippen LogP contribution in [0.1, 0.15) is 44.6 Å². The molecule has 1 aliphatic rings. The van der Waals surface area contributed by atoms with Crippen LogP contribution in [-0.2, 0) is 9.59 Å². The van der Waals surface area contributed by atoms with Gasteiger partial charge in [0.05, 0.1) is 13.5 Å². The number of carboxylic acids is 1. The van der Waals surface area contributed by atoms with E-state index in [0.29, 0.717) is 24.2 Å². The summed E-state index contributed by atoms with van der Waals surface area (Å²) in [5.74, 6) is -1.18. The van der Waals surface area contributed by atoms with E-state index in [4.69, 9.17) is 4.74 Å². The molecule has 0 aromatic heterocycles. The summed E-state index contributed by atoms with van der Waals surface area (Å²) in [6.45, 7) is 3.83. The second-order valence-corrected chi connectivity index (χ2v) is 6.72. The van der Waals surface area contributed by atoms with Crippen molar-refractivity contribution in [2.75, 3.05) is 7.11 Å². The van der Waals surface area contributed by atoms with Gasteiger partial charge in [-0.25, -0.2) is 0 Å². The molecule has 124 valence electrons. The number of methoxy groups -OCH3 is 1. The smallest absolute Gasteiger partial charge is 0.304 e. The predicted octanol–water partition coefficient (Wildman–Crippen LogP) is 3.45. The maximum Gasteiger partial charge on any atom is 0.304 e. The topological polar surface area (TPSA) is 83.8 Å². The first-order chi connectivity index (χ1) is 10.7. The van der Waals surface area contributed by atoms with Crippen molar-refractivity contribution in [2.24, 2.45) is 5.41 Å². The van der Waals surface area contributed by atoms with Crippen molar-refractivity contribution in [3.05, 3.63) is 41.2 Å². The zero-order valence-corrected chi connectivity index (χ0v) is 13.6. The Hall–Kier alpha value is -2.30. The normalized spacial score (nSPS) is 18.7. The molecule has 0 spiro atoms. The Kier molecular flexibility index (Phi) is 4.78. The number of allylic oxidation sites excluding steroid dienone is 2. The summed E-state index contributed by atoms with van der Waals surface area (Å²) in [6.07, 6.45) is 0.441. The number of ketones is 1. The average Bonchev–Trinajstić information content (AvgIpc) is 2.44. The number of rotatable bonds is 5. The van der Waals surface area contributed by atoms with Crippen LogP contribution in [0.4, 0.5) is 0 Å². The van der Waals surface area contributed by atoms with Crippen molar-refractivity contribution in [1.29, 1.82) is 0 Å². The number of aliphatic hydroxyl groups excluding tert-OH is 1. The van der Waals surface area contributed by atoms with Gasteiger partial charge in [-0.05, 0) is 23.1 Å². The number of hydrogen-bond donors (Lipinski definition) is 2. The molecule has 23 heavy (non-hydrogen) atoms. The highest BCUT2D eigenvalue weighted by Gasteiger charge is 2.37. The second kappa shape index (κ2) is 6.44. The van der Waals surface area contributed by atoms with Crippen LogP contribution in [0.2, 0.25) is 0 Å². The first-order valence-corrected chi connectivity index (χ1v) is 7.54. The molecular weight excluding hydrogens is 296 g/mol. The van der Waals surface area contributed by atoms with E-state index in [9.17, 15) is 19.8 Å². The largest absolute Gasteiger partial charge is 0.512 e. The summed E-state index contributed by atoms with van der Waals surface area (Å²) in [5.41, 5.74) is 0.609. The molecule has 5 nitrogen and oxygen atoms in total. The minimum absolute atomic E-state index is 0.00770. The second-order valence-electron chi connectivity index (χ2n) is 6.72. The molecule has 1 atom stereocenters. The molecule has 0 heterocycles. The Morgan fingerprint density at radius 2 is 1.87 bits per heavy atom. The van der Waals surface area contributed by atoms with E-state index in [1.165, 1.54) is 0 Å². The summed E-state index contributed by atoms with van der Waals surface area (Å²) >= 11 is 0. The van der Waals surface area contributed by atoms with Gasteiger partial charge in [0.15, 0.2) is 5.78 Å². The van der Waals surface area contributed by atoms with Crippen molar-refractivity contribution in [3.8, 4) is 5.75 Å². The molecule has 2 N–H and O–H groups in total. The Morgan fingerprint density at radius 1 is 1.26 bits per heavy atom. The van der Waals surface area contributed by atoms with E-state index in [2.05, 4.69) is 0 Å². The van der Waals surface area contributed by atoms with Gasteiger partial charge in [-0.1, -0.05) is 26.0 Å². The van der Waals surface area contributed by atoms with E-state index in [1.54, 1.807) is 31.4 Å². The number of carbonyl (C=O) groups is 2. The van der Waals surface area contributed by atoms with Crippen molar-refractivity contribution < 1.29 is 24.5 Å². The third-order valence-electron chi connectivity index (χ3n) is 4.14. The fraction of sp³-hybridized carbons (Fsp3) is 0.444. The lowest BCUT2D eigenvalue weighted by molar-refractivity contribution is -0.137. The van der Waals surface area contributed by atoms with Crippen LogP contribution in [0.5, 0.6) is 5.75 Å². The van der Waals surface area contributed by atoms with Crippen LogP contribution in [0.3, 0.4) is 0 Å². The first kappa shape index (κ1) is 17.1. The lowest BCUT2D eigenvalue weighted by atomic mass is 9.72. The summed E-state index contributed by atoms with van der Waals surface area (Å²) in [5, 5.41) is 19.6. The molecular formula is C18H22O5. The Bertz CT molecular complexity index is 640. The SMILES string of the molecule is COc1ccc(C(CC(=O)O)C2=C(O)CC(C)(C)CC2=O)cc1. The number of aliphatic carboxylic acids is 1. The van der Waals surface area contributed by atoms with Crippen LogP contribution in [0, 0.1) is 5.41 Å². The number of hydrogen-bond acceptors (Lipinski definition) is 4. The van der Waals surface area contributed by atoms with Crippen molar-refractivity contribution in [1.82, 2.24) is 0 Å². The van der Waals surface area contributed by atoms with Crippen LogP contribution < -0.4 is 4.74 Å². The van der Waals surface area contributed by atoms with Crippen molar-refractivity contribution in [2.45, 2.75) is 39.0 Å². The standard InChI is InChI=1S/C18H22O5/c1-18(2)9-14(19)17(15(20)10-18)13(8-16(21)22)11-4-6-12(23-3)7-5-11/h4-7,13,19H,8-10H2,1-3H3,(H,21,22). The van der Waals surface area contributed by atoms with Crippen LogP contribution >= 0.6 is 0 Å². The molecule has 5 heteroatoms. The lowest BCUT2D eigenvalue weighted by Gasteiger charge is -2.32. The molecule has 0 fully saturated rings. The van der Waals surface area contributed by atoms with E-state index in [-0.39, 0.29) is 29.0 Å². The van der Waals surface area contributed by atoms with Gasteiger partial charge in [-0.2, -0.15) is 0 Å². The van der Waals surface area contributed by atoms with E-state index < -0.39 is 11.9 Å². The Labute approximate surface area is 135 Å². The summed E-state index contributed by atoms with van der Waals surface area (Å²) < 4.78 is 5.10. The minimum atomic E-state index is -1.01. The number of ether oxygens (including phenoxy) is 1. The molecule has 1 unspecified atom stereocenters. The number of Topliss-reactive ketones (excluding diaryl/α,β-unsaturated/α-hetero) is 1. The van der Waals surface area contributed by atoms with Crippen molar-refractivity contribution >= 4 is 11.8 Å². The number of carbonyl (C=O) groups excluding carboxylic acids is 1. The van der Waals surface area contributed by atoms with E-state index in [1.807, 2.05) is 13.8 Å². The maximum atomic E-state index is 12.5. The highest BCUT2D eigenvalue weighted by molar-refractivity contribution is 5.99. The van der Waals surface area contributed by atoms with E-state index >= 15 is 0 Å². The fourth-order valence-electron chi connectivity index (χ4n) is 3.09. The zero-order valence-electron chi connectivity index (χ0n) is 13.6. The van der Waals surface area contributed by atoms with Gasteiger partial charge < -0.3 is 14.9 Å². The van der Waals surface area contributed by atoms with Gasteiger partial charge >= 0.3 is 5.97 Å². The van der Waals surface area contributed by atoms with Gasteiger partial charge in [0, 0.05) is 24.3 Å². The molecule has 0 saturated heterocycles. The molecule has 0 radical (unpaired) electrons. The zero-order chi connectivity index (χ0) is 17.2. The third kappa shape index (κ3) is 3.92. The molecule has 1 aromatic carbocycles. The average molecular weight is 318 g/mol. The molecule has 0 aliphatic heterocycles. The monoisotopic (exact) mass is 318 g/mol. The Morgan fingerprint density at radius 3 is 2.35 bits per heavy atom. The molecule has 1 aliphatic carbocycles. The van der Waals surface area contributed by atoms with Gasteiger partial charge in [0.25, 0.3) is 0 Å². The lowest BCUT2D eigenvalue weighted by Crippen LogP contribution is -2.29. The molecule has 0 amide bonds. The quantitative estimate of drug-likeness (QED) is 0.868. The number of benzene rings is 1. The molecule has 0 saturated carbocycles. The summed E-state index contributed by atoms with van der Waals surface area (Å²) in [6, 6.07) is 6.91. The van der Waals surface area contributed by atoms with Gasteiger partial charge in [-0.15, -0.1) is 0 Å². The van der Waals surface area contributed by atoms with Crippen LogP contribution in [-0.4, -0.2) is 29.1 Å². The van der Waals surface area contributed by atoms with Crippen LogP contribution in [0.15, 0.2) is 35.6 Å². The van der Waals surface area contributed by atoms with Gasteiger partial charge in [0.2, 0.25) is 0 Å². The maximum absolute atomic E-state index is 12.5. The first-order valence-electron chi connectivity index (χ1n) is 7.54. The highest BCUT2D eigenvalue weighted by Crippen LogP contribution is 2.42. The van der Waals surface area contributed by atoms with Gasteiger partial charge in [-0.3, -0.25) is 9.59 Å². The molecule has 2 rings (SSSR count). The number of aliphatic hydroxyl groups is 1. The molecule has 0 bridgehead atoms. The van der Waals surface area contributed by atoms with Gasteiger partial charge in [0.1, 0.15) is 11.5 Å². The predicted molar refractivity (Wildman–Crippen MR) is 85.7 cm³/mol. The highest BCUT2D eigenvalue weighted by atomic mass is 16.5. The summed E-state index contributed by atoms with van der Waals surface area (Å²) in [7, 11) is 1.55. The fourth-order valence-corrected chi connectivity index (χ4v) is 3.09. The number of carboxylic acid groups (broad SMARTS) is 1. The van der Waals surface area contributed by atoms with Crippen LogP contribution in [0.25, 0.3) is 0 Å². The summed E-state index contributed by atoms with van der Waals surface area (Å²) in [4.78, 5) is 23.8. The minimum Gasteiger partial charge on any atom is -0.512 e. The Balaban J connectivity index is 2.45.